The van der Waals surface area contributed by atoms with Crippen LogP contribution >= 0.6 is 31.9 Å². The predicted molar refractivity (Wildman–Crippen MR) is 38.1 cm³/mol. The van der Waals surface area contributed by atoms with E-state index in [2.05, 4.69) is 31.9 Å². The minimum absolute atomic E-state index is 0.0243. The van der Waals surface area contributed by atoms with Crippen LogP contribution in [0.5, 0.6) is 0 Å². The standard InChI is InChI=1S/C4H5Br2NO/c5-3(1-7)4(6)2-8/h3-4,8H,2H2/t3-,4-/m1/s1. The van der Waals surface area contributed by atoms with Crippen molar-refractivity contribution in [1.82, 2.24) is 0 Å². The Balaban J connectivity index is 3.49. The van der Waals surface area contributed by atoms with E-state index in [-0.39, 0.29) is 16.3 Å². The van der Waals surface area contributed by atoms with Crippen molar-refractivity contribution >= 4 is 31.9 Å². The first kappa shape index (κ1) is 8.41. The smallest absolute Gasteiger partial charge is 0.116 e. The van der Waals surface area contributed by atoms with Crippen LogP contribution in [0.15, 0.2) is 0 Å². The lowest BCUT2D eigenvalue weighted by atomic mass is 10.3. The second-order valence-electron chi connectivity index (χ2n) is 1.23. The lowest BCUT2D eigenvalue weighted by Crippen LogP contribution is -2.15. The average molecular weight is 243 g/mol. The van der Waals surface area contributed by atoms with Gasteiger partial charge in [0.05, 0.1) is 17.5 Å². The van der Waals surface area contributed by atoms with Crippen molar-refractivity contribution in [3.63, 3.8) is 0 Å². The zero-order valence-corrected chi connectivity index (χ0v) is 7.18. The first-order valence-corrected chi connectivity index (χ1v) is 3.84. The second-order valence-corrected chi connectivity index (χ2v) is 3.39. The van der Waals surface area contributed by atoms with E-state index in [1.165, 1.54) is 0 Å². The number of hydrogen-bond acceptors (Lipinski definition) is 2. The lowest BCUT2D eigenvalue weighted by Gasteiger charge is -2.03. The highest BCUT2D eigenvalue weighted by Crippen LogP contribution is 2.11. The lowest BCUT2D eigenvalue weighted by molar-refractivity contribution is 0.299. The molecule has 0 aliphatic heterocycles. The van der Waals surface area contributed by atoms with Crippen molar-refractivity contribution in [3.05, 3.63) is 0 Å². The summed E-state index contributed by atoms with van der Waals surface area (Å²) in [6, 6.07) is 1.93. The molecule has 2 nitrogen and oxygen atoms in total. The maximum Gasteiger partial charge on any atom is 0.116 e. The number of alkyl halides is 2. The number of nitrogens with zero attached hydrogens (tertiary/aromatic N) is 1. The molecular weight excluding hydrogens is 238 g/mol. The molecule has 0 unspecified atom stereocenters. The van der Waals surface area contributed by atoms with Crippen molar-refractivity contribution < 1.29 is 5.11 Å². The number of rotatable bonds is 2. The Morgan fingerprint density at radius 2 is 2.12 bits per heavy atom. The zero-order valence-electron chi connectivity index (χ0n) is 4.01. The van der Waals surface area contributed by atoms with Gasteiger partial charge in [-0.05, 0) is 0 Å². The summed E-state index contributed by atoms with van der Waals surface area (Å²) in [6.07, 6.45) is 0. The van der Waals surface area contributed by atoms with E-state index in [0.29, 0.717) is 0 Å². The van der Waals surface area contributed by atoms with Crippen molar-refractivity contribution in [2.24, 2.45) is 0 Å². The summed E-state index contributed by atoms with van der Waals surface area (Å²) in [5, 5.41) is 16.6. The monoisotopic (exact) mass is 241 g/mol. The van der Waals surface area contributed by atoms with Gasteiger partial charge in [0, 0.05) is 0 Å². The summed E-state index contributed by atoms with van der Waals surface area (Å²) < 4.78 is 0. The minimum atomic E-state index is -0.299. The normalized spacial score (nSPS) is 16.8. The van der Waals surface area contributed by atoms with Gasteiger partial charge < -0.3 is 5.11 Å². The van der Waals surface area contributed by atoms with E-state index in [4.69, 9.17) is 10.4 Å². The maximum atomic E-state index is 8.41. The highest BCUT2D eigenvalue weighted by Gasteiger charge is 2.12. The van der Waals surface area contributed by atoms with Gasteiger partial charge in [-0.25, -0.2) is 0 Å². The second kappa shape index (κ2) is 4.30. The molecule has 0 fully saturated rings. The minimum Gasteiger partial charge on any atom is -0.395 e. The number of nitriles is 1. The van der Waals surface area contributed by atoms with Crippen LogP contribution in [-0.4, -0.2) is 21.4 Å². The van der Waals surface area contributed by atoms with Crippen LogP contribution in [0.25, 0.3) is 0 Å². The topological polar surface area (TPSA) is 44.0 Å². The molecule has 0 rings (SSSR count). The molecule has 0 spiro atoms. The molecule has 0 aromatic heterocycles. The molecule has 0 aliphatic carbocycles. The largest absolute Gasteiger partial charge is 0.395 e. The molecule has 0 saturated heterocycles. The number of hydrogen-bond donors (Lipinski definition) is 1. The molecule has 0 amide bonds. The fourth-order valence-electron chi connectivity index (χ4n) is 0.173. The maximum absolute atomic E-state index is 8.41. The fraction of sp³-hybridized carbons (Fsp3) is 0.750. The van der Waals surface area contributed by atoms with Gasteiger partial charge in [0.1, 0.15) is 4.83 Å². The SMILES string of the molecule is N#C[C@@H](Br)[C@H](Br)CO. The van der Waals surface area contributed by atoms with Gasteiger partial charge in [-0.15, -0.1) is 0 Å². The van der Waals surface area contributed by atoms with Gasteiger partial charge in [0.15, 0.2) is 0 Å². The molecule has 0 saturated carbocycles. The third-order valence-electron chi connectivity index (χ3n) is 0.615. The molecule has 0 radical (unpaired) electrons. The Morgan fingerprint density at radius 3 is 2.25 bits per heavy atom. The molecule has 0 aliphatic rings. The van der Waals surface area contributed by atoms with Gasteiger partial charge in [-0.1, -0.05) is 31.9 Å². The van der Waals surface area contributed by atoms with Crippen LogP contribution in [0.4, 0.5) is 0 Å². The van der Waals surface area contributed by atoms with Crippen LogP contribution < -0.4 is 0 Å². The van der Waals surface area contributed by atoms with E-state index in [0.717, 1.165) is 0 Å². The summed E-state index contributed by atoms with van der Waals surface area (Å²) in [5.74, 6) is 0. The van der Waals surface area contributed by atoms with Gasteiger partial charge in [0.25, 0.3) is 0 Å². The quantitative estimate of drug-likeness (QED) is 0.736. The van der Waals surface area contributed by atoms with Gasteiger partial charge in [0.2, 0.25) is 0 Å². The highest BCUT2D eigenvalue weighted by atomic mass is 79.9. The van der Waals surface area contributed by atoms with E-state index in [1.54, 1.807) is 0 Å². The average Bonchev–Trinajstić information content (AvgIpc) is 1.84. The highest BCUT2D eigenvalue weighted by molar-refractivity contribution is 9.12. The molecule has 1 N–H and O–H groups in total. The zero-order chi connectivity index (χ0) is 6.57. The van der Waals surface area contributed by atoms with E-state index in [9.17, 15) is 0 Å². The van der Waals surface area contributed by atoms with E-state index in [1.807, 2.05) is 6.07 Å². The number of halogens is 2. The van der Waals surface area contributed by atoms with E-state index >= 15 is 0 Å². The molecule has 2 atom stereocenters. The Hall–Kier alpha value is 0.410. The van der Waals surface area contributed by atoms with Gasteiger partial charge in [-0.2, -0.15) is 5.26 Å². The van der Waals surface area contributed by atoms with Crippen molar-refractivity contribution in [1.29, 1.82) is 5.26 Å². The van der Waals surface area contributed by atoms with Gasteiger partial charge >= 0.3 is 0 Å². The Labute approximate surface area is 64.8 Å². The predicted octanol–water partition coefficient (Wildman–Crippen LogP) is 1.03. The Morgan fingerprint density at radius 1 is 1.62 bits per heavy atom. The molecule has 0 bridgehead atoms. The summed E-state index contributed by atoms with van der Waals surface area (Å²) in [5.41, 5.74) is 0. The molecule has 8 heavy (non-hydrogen) atoms. The third-order valence-corrected chi connectivity index (χ3v) is 2.99. The first-order valence-electron chi connectivity index (χ1n) is 2.01. The van der Waals surface area contributed by atoms with Crippen LogP contribution in [0.1, 0.15) is 0 Å². The molecule has 46 valence electrons. The number of aliphatic hydroxyl groups is 1. The summed E-state index contributed by atoms with van der Waals surface area (Å²) in [6.45, 7) is -0.0243. The third kappa shape index (κ3) is 2.65. The Bertz CT molecular complexity index is 101. The molecule has 0 aromatic rings. The van der Waals surface area contributed by atoms with Crippen LogP contribution in [0.3, 0.4) is 0 Å². The molecule has 0 heterocycles. The fourth-order valence-corrected chi connectivity index (χ4v) is 0.459. The summed E-state index contributed by atoms with van der Waals surface area (Å²) in [7, 11) is 0. The molecule has 4 heteroatoms. The van der Waals surface area contributed by atoms with Crippen LogP contribution in [-0.2, 0) is 0 Å². The van der Waals surface area contributed by atoms with Crippen molar-refractivity contribution in [3.8, 4) is 6.07 Å². The van der Waals surface area contributed by atoms with Gasteiger partial charge in [-0.3, -0.25) is 0 Å². The van der Waals surface area contributed by atoms with Crippen molar-refractivity contribution in [2.45, 2.75) is 9.65 Å². The Kier molecular flexibility index (Phi) is 4.53. The first-order chi connectivity index (χ1) is 3.72. The number of aliphatic hydroxyl groups excluding tert-OH is 1. The summed E-state index contributed by atoms with van der Waals surface area (Å²) in [4.78, 5) is -0.458. The molecule has 0 aromatic carbocycles. The van der Waals surface area contributed by atoms with Crippen LogP contribution in [0, 0.1) is 11.3 Å². The summed E-state index contributed by atoms with van der Waals surface area (Å²) >= 11 is 6.12. The molecular formula is C4H5Br2NO. The van der Waals surface area contributed by atoms with Crippen LogP contribution in [0.2, 0.25) is 0 Å². The van der Waals surface area contributed by atoms with Crippen molar-refractivity contribution in [2.75, 3.05) is 6.61 Å². The van der Waals surface area contributed by atoms with E-state index < -0.39 is 0 Å².